The van der Waals surface area contributed by atoms with Crippen LogP contribution in [-0.4, -0.2) is 10.9 Å². The van der Waals surface area contributed by atoms with Gasteiger partial charge in [-0.1, -0.05) is 36.4 Å². The fraction of sp³-hybridized carbons (Fsp3) is 0.158. The highest BCUT2D eigenvalue weighted by Crippen LogP contribution is 2.55. The fourth-order valence-electron chi connectivity index (χ4n) is 3.44. The first kappa shape index (κ1) is 13.0. The average Bonchev–Trinajstić information content (AvgIpc) is 3.36. The molecular formula is C19H16N2O. The van der Waals surface area contributed by atoms with Gasteiger partial charge in [0.25, 0.3) is 0 Å². The van der Waals surface area contributed by atoms with Crippen molar-refractivity contribution in [2.75, 3.05) is 0 Å². The molecule has 108 valence electrons. The maximum atomic E-state index is 11.8. The summed E-state index contributed by atoms with van der Waals surface area (Å²) in [7, 11) is 0. The van der Waals surface area contributed by atoms with Gasteiger partial charge in [-0.15, -0.1) is 0 Å². The first-order valence-corrected chi connectivity index (χ1v) is 7.46. The van der Waals surface area contributed by atoms with E-state index in [0.717, 1.165) is 29.3 Å². The molecule has 0 atom stereocenters. The number of carbonyl (C=O) groups is 1. The molecule has 0 saturated heterocycles. The lowest BCUT2D eigenvalue weighted by Gasteiger charge is -2.20. The van der Waals surface area contributed by atoms with Crippen molar-refractivity contribution in [1.29, 1.82) is 0 Å². The van der Waals surface area contributed by atoms with Crippen molar-refractivity contribution in [2.45, 2.75) is 18.3 Å². The minimum absolute atomic E-state index is 0.103. The number of primary amides is 1. The van der Waals surface area contributed by atoms with E-state index in [1.54, 1.807) is 0 Å². The summed E-state index contributed by atoms with van der Waals surface area (Å²) in [6, 6.07) is 18.0. The Bertz CT molecular complexity index is 876. The molecule has 1 amide bonds. The summed E-state index contributed by atoms with van der Waals surface area (Å²) in [6.45, 7) is 0. The number of nitrogens with zero attached hydrogens (tertiary/aromatic N) is 1. The molecule has 3 heteroatoms. The number of fused-ring (bicyclic) bond motifs is 1. The SMILES string of the molecule is NC(=O)c1ccccc1C1(c2cccc3ncccc23)CC1. The summed E-state index contributed by atoms with van der Waals surface area (Å²) >= 11 is 0. The van der Waals surface area contributed by atoms with Crippen molar-refractivity contribution < 1.29 is 4.79 Å². The molecule has 1 saturated carbocycles. The van der Waals surface area contributed by atoms with Gasteiger partial charge < -0.3 is 5.73 Å². The lowest BCUT2D eigenvalue weighted by Crippen LogP contribution is -2.19. The minimum atomic E-state index is -0.361. The zero-order chi connectivity index (χ0) is 15.2. The molecule has 3 aromatic rings. The second-order valence-electron chi connectivity index (χ2n) is 5.87. The third-order valence-corrected chi connectivity index (χ3v) is 4.62. The summed E-state index contributed by atoms with van der Waals surface area (Å²) in [5, 5.41) is 1.15. The van der Waals surface area contributed by atoms with Crippen molar-refractivity contribution in [3.63, 3.8) is 0 Å². The van der Waals surface area contributed by atoms with Crippen molar-refractivity contribution in [1.82, 2.24) is 4.98 Å². The van der Waals surface area contributed by atoms with Crippen LogP contribution >= 0.6 is 0 Å². The van der Waals surface area contributed by atoms with Gasteiger partial charge in [-0.2, -0.15) is 0 Å². The molecule has 0 radical (unpaired) electrons. The second kappa shape index (κ2) is 4.67. The van der Waals surface area contributed by atoms with E-state index in [4.69, 9.17) is 5.73 Å². The molecule has 2 N–H and O–H groups in total. The molecule has 2 aromatic carbocycles. The van der Waals surface area contributed by atoms with Crippen molar-refractivity contribution in [3.8, 4) is 0 Å². The Balaban J connectivity index is 1.97. The Kier molecular flexibility index (Phi) is 2.76. The number of pyridine rings is 1. The molecule has 1 aliphatic carbocycles. The lowest BCUT2D eigenvalue weighted by atomic mass is 9.83. The molecule has 1 heterocycles. The van der Waals surface area contributed by atoms with E-state index in [1.165, 1.54) is 5.56 Å². The van der Waals surface area contributed by atoms with E-state index < -0.39 is 0 Å². The molecule has 0 aliphatic heterocycles. The van der Waals surface area contributed by atoms with Crippen LogP contribution in [0.1, 0.15) is 34.3 Å². The highest BCUT2D eigenvalue weighted by atomic mass is 16.1. The molecule has 0 unspecified atom stereocenters. The summed E-state index contributed by atoms with van der Waals surface area (Å²) in [4.78, 5) is 16.2. The van der Waals surface area contributed by atoms with Gasteiger partial charge in [-0.05, 0) is 42.2 Å². The minimum Gasteiger partial charge on any atom is -0.366 e. The number of rotatable bonds is 3. The van der Waals surface area contributed by atoms with E-state index in [2.05, 4.69) is 17.1 Å². The lowest BCUT2D eigenvalue weighted by molar-refractivity contribution is 0.0999. The largest absolute Gasteiger partial charge is 0.366 e. The van der Waals surface area contributed by atoms with E-state index in [9.17, 15) is 4.79 Å². The molecule has 0 bridgehead atoms. The summed E-state index contributed by atoms with van der Waals surface area (Å²) in [5.41, 5.74) is 9.37. The van der Waals surface area contributed by atoms with Crippen LogP contribution in [0.5, 0.6) is 0 Å². The molecule has 3 nitrogen and oxygen atoms in total. The van der Waals surface area contributed by atoms with Crippen LogP contribution in [0, 0.1) is 0 Å². The Morgan fingerprint density at radius 3 is 2.50 bits per heavy atom. The third-order valence-electron chi connectivity index (χ3n) is 4.62. The Labute approximate surface area is 128 Å². The standard InChI is InChI=1S/C19H16N2O/c20-18(22)14-5-1-2-7-16(14)19(10-11-19)15-8-3-9-17-13(15)6-4-12-21-17/h1-9,12H,10-11H2,(H2,20,22). The second-order valence-corrected chi connectivity index (χ2v) is 5.87. The van der Waals surface area contributed by atoms with Gasteiger partial charge in [0.2, 0.25) is 5.91 Å². The highest BCUT2D eigenvalue weighted by molar-refractivity contribution is 5.96. The summed E-state index contributed by atoms with van der Waals surface area (Å²) in [6.07, 6.45) is 3.87. The molecule has 0 spiro atoms. The molecule has 1 fully saturated rings. The molecular weight excluding hydrogens is 272 g/mol. The maximum Gasteiger partial charge on any atom is 0.249 e. The smallest absolute Gasteiger partial charge is 0.249 e. The van der Waals surface area contributed by atoms with E-state index in [0.29, 0.717) is 5.56 Å². The number of nitrogens with two attached hydrogens (primary N) is 1. The molecule has 22 heavy (non-hydrogen) atoms. The predicted octanol–water partition coefficient (Wildman–Crippen LogP) is 3.41. The fourth-order valence-corrected chi connectivity index (χ4v) is 3.44. The zero-order valence-corrected chi connectivity index (χ0v) is 12.1. The van der Waals surface area contributed by atoms with E-state index >= 15 is 0 Å². The van der Waals surface area contributed by atoms with Gasteiger partial charge in [-0.25, -0.2) is 0 Å². The quantitative estimate of drug-likeness (QED) is 0.803. The summed E-state index contributed by atoms with van der Waals surface area (Å²) < 4.78 is 0. The van der Waals surface area contributed by atoms with Crippen molar-refractivity contribution >= 4 is 16.8 Å². The third kappa shape index (κ3) is 1.82. The molecule has 1 aliphatic rings. The molecule has 4 rings (SSSR count). The van der Waals surface area contributed by atoms with Crippen molar-refractivity contribution in [2.24, 2.45) is 5.73 Å². The first-order chi connectivity index (χ1) is 10.7. The van der Waals surface area contributed by atoms with E-state index in [1.807, 2.05) is 48.7 Å². The summed E-state index contributed by atoms with van der Waals surface area (Å²) in [5.74, 6) is -0.361. The topological polar surface area (TPSA) is 56.0 Å². The predicted molar refractivity (Wildman–Crippen MR) is 86.7 cm³/mol. The van der Waals surface area contributed by atoms with Gasteiger partial charge in [0.05, 0.1) is 5.52 Å². The zero-order valence-electron chi connectivity index (χ0n) is 12.1. The number of carbonyl (C=O) groups excluding carboxylic acids is 1. The Hall–Kier alpha value is -2.68. The number of aromatic nitrogens is 1. The van der Waals surface area contributed by atoms with Gasteiger partial charge >= 0.3 is 0 Å². The van der Waals surface area contributed by atoms with Crippen molar-refractivity contribution in [3.05, 3.63) is 77.5 Å². The van der Waals surface area contributed by atoms with Crippen LogP contribution in [0.15, 0.2) is 60.8 Å². The highest BCUT2D eigenvalue weighted by Gasteiger charge is 2.48. The van der Waals surface area contributed by atoms with Crippen LogP contribution in [0.25, 0.3) is 10.9 Å². The van der Waals surface area contributed by atoms with Gasteiger partial charge in [0.15, 0.2) is 0 Å². The number of benzene rings is 2. The monoisotopic (exact) mass is 288 g/mol. The van der Waals surface area contributed by atoms with Crippen LogP contribution < -0.4 is 5.73 Å². The van der Waals surface area contributed by atoms with Gasteiger partial charge in [0.1, 0.15) is 0 Å². The Morgan fingerprint density at radius 2 is 1.73 bits per heavy atom. The number of hydrogen-bond donors (Lipinski definition) is 1. The first-order valence-electron chi connectivity index (χ1n) is 7.46. The average molecular weight is 288 g/mol. The van der Waals surface area contributed by atoms with E-state index in [-0.39, 0.29) is 11.3 Å². The Morgan fingerprint density at radius 1 is 0.955 bits per heavy atom. The number of amides is 1. The van der Waals surface area contributed by atoms with Crippen LogP contribution in [0.4, 0.5) is 0 Å². The number of hydrogen-bond acceptors (Lipinski definition) is 2. The molecule has 1 aromatic heterocycles. The van der Waals surface area contributed by atoms with Gasteiger partial charge in [-0.3, -0.25) is 9.78 Å². The van der Waals surface area contributed by atoms with Gasteiger partial charge in [0, 0.05) is 22.6 Å². The van der Waals surface area contributed by atoms with Crippen LogP contribution in [0.2, 0.25) is 0 Å². The maximum absolute atomic E-state index is 11.8. The normalized spacial score (nSPS) is 15.6. The van der Waals surface area contributed by atoms with Crippen LogP contribution in [-0.2, 0) is 5.41 Å². The van der Waals surface area contributed by atoms with Crippen LogP contribution in [0.3, 0.4) is 0 Å².